The molecule has 0 radical (unpaired) electrons. The summed E-state index contributed by atoms with van der Waals surface area (Å²) in [5, 5.41) is 27.1. The summed E-state index contributed by atoms with van der Waals surface area (Å²) in [5.74, 6) is 0. The molecule has 4 aliphatic rings. The van der Waals surface area contributed by atoms with Crippen molar-refractivity contribution in [2.75, 3.05) is 13.1 Å². The van der Waals surface area contributed by atoms with Gasteiger partial charge in [-0.15, -0.1) is 0 Å². The topological polar surface area (TPSA) is 64.5 Å². The van der Waals surface area contributed by atoms with Crippen molar-refractivity contribution in [3.8, 4) is 0 Å². The third-order valence-electron chi connectivity index (χ3n) is 6.36. The molecule has 2 aliphatic carbocycles. The fourth-order valence-electron chi connectivity index (χ4n) is 4.97. The zero-order valence-electron chi connectivity index (χ0n) is 13.9. The first-order valence-electron chi connectivity index (χ1n) is 9.54. The van der Waals surface area contributed by atoms with E-state index in [4.69, 9.17) is 0 Å². The van der Waals surface area contributed by atoms with Crippen LogP contribution in [0.5, 0.6) is 0 Å². The van der Waals surface area contributed by atoms with Crippen LogP contribution in [0.2, 0.25) is 0 Å². The molecule has 4 heteroatoms. The Bertz CT molecular complexity index is 303. The summed E-state index contributed by atoms with van der Waals surface area (Å²) in [6, 6.07) is 0.815. The molecule has 0 bridgehead atoms. The van der Waals surface area contributed by atoms with Crippen molar-refractivity contribution in [2.24, 2.45) is 0 Å². The quantitative estimate of drug-likeness (QED) is 0.553. The lowest BCUT2D eigenvalue weighted by atomic mass is 9.75. The Labute approximate surface area is 135 Å². The van der Waals surface area contributed by atoms with Gasteiger partial charge in [-0.25, -0.2) is 0 Å². The zero-order chi connectivity index (χ0) is 15.5. The summed E-state index contributed by atoms with van der Waals surface area (Å²) in [6.45, 7) is 2.21. The molecule has 4 N–H and O–H groups in total. The number of rotatable bonds is 0. The molecule has 2 heterocycles. The minimum absolute atomic E-state index is 0.337. The number of piperidine rings is 2. The first-order chi connectivity index (χ1) is 10.6. The number of aliphatic hydroxyl groups is 2. The van der Waals surface area contributed by atoms with Crippen molar-refractivity contribution in [3.05, 3.63) is 0 Å². The lowest BCUT2D eigenvalue weighted by Gasteiger charge is -2.44. The van der Waals surface area contributed by atoms with Crippen LogP contribution in [0, 0.1) is 0 Å². The molecule has 4 rings (SSSR count). The maximum absolute atomic E-state index is 10.1. The largest absolute Gasteiger partial charge is 0.388 e. The van der Waals surface area contributed by atoms with Crippen molar-refractivity contribution >= 4 is 0 Å². The summed E-state index contributed by atoms with van der Waals surface area (Å²) >= 11 is 0. The molecule has 4 atom stereocenters. The maximum Gasteiger partial charge on any atom is 0.0800 e. The molecule has 0 amide bonds. The van der Waals surface area contributed by atoms with Crippen LogP contribution in [-0.4, -0.2) is 46.6 Å². The predicted molar refractivity (Wildman–Crippen MR) is 88.9 cm³/mol. The van der Waals surface area contributed by atoms with Gasteiger partial charge in [-0.1, -0.05) is 25.7 Å². The fraction of sp³-hybridized carbons (Fsp3) is 1.00. The van der Waals surface area contributed by atoms with E-state index in [2.05, 4.69) is 10.6 Å². The molecule has 0 aromatic carbocycles. The maximum atomic E-state index is 10.1. The van der Waals surface area contributed by atoms with Gasteiger partial charge in [0.05, 0.1) is 11.2 Å². The molecule has 0 unspecified atom stereocenters. The Morgan fingerprint density at radius 2 is 1.00 bits per heavy atom. The Balaban J connectivity index is 0.000000131. The van der Waals surface area contributed by atoms with Gasteiger partial charge in [-0.2, -0.15) is 0 Å². The number of hydrogen-bond donors (Lipinski definition) is 4. The average molecular weight is 310 g/mol. The fourth-order valence-corrected chi connectivity index (χ4v) is 4.97. The standard InChI is InChI=1S/2C9H17NO/c2*11-9-5-2-1-4-8(9)10-7-3-6-9/h2*8,10-11H,1-7H2/t2*8-,9+/m10/s1. The molecule has 0 aromatic rings. The van der Waals surface area contributed by atoms with Crippen LogP contribution in [0.4, 0.5) is 0 Å². The summed E-state index contributed by atoms with van der Waals surface area (Å²) in [5.41, 5.74) is -0.674. The highest BCUT2D eigenvalue weighted by molar-refractivity contribution is 4.98. The van der Waals surface area contributed by atoms with E-state index in [1.807, 2.05) is 0 Å². The smallest absolute Gasteiger partial charge is 0.0800 e. The van der Waals surface area contributed by atoms with Crippen LogP contribution >= 0.6 is 0 Å². The van der Waals surface area contributed by atoms with E-state index in [9.17, 15) is 10.2 Å². The van der Waals surface area contributed by atoms with Crippen LogP contribution in [0.3, 0.4) is 0 Å². The minimum Gasteiger partial charge on any atom is -0.388 e. The third kappa shape index (κ3) is 3.66. The van der Waals surface area contributed by atoms with E-state index in [0.717, 1.165) is 51.6 Å². The highest BCUT2D eigenvalue weighted by Gasteiger charge is 2.40. The van der Waals surface area contributed by atoms with Gasteiger partial charge in [-0.05, 0) is 64.5 Å². The average Bonchev–Trinajstić information content (AvgIpc) is 2.54. The highest BCUT2D eigenvalue weighted by atomic mass is 16.3. The minimum atomic E-state index is -0.337. The molecule has 4 fully saturated rings. The highest BCUT2D eigenvalue weighted by Crippen LogP contribution is 2.35. The molecule has 0 spiro atoms. The van der Waals surface area contributed by atoms with Crippen molar-refractivity contribution in [1.29, 1.82) is 0 Å². The van der Waals surface area contributed by atoms with Crippen LogP contribution < -0.4 is 10.6 Å². The van der Waals surface area contributed by atoms with Crippen LogP contribution in [-0.2, 0) is 0 Å². The predicted octanol–water partition coefficient (Wildman–Crippen LogP) is 2.09. The number of fused-ring (bicyclic) bond motifs is 2. The summed E-state index contributed by atoms with van der Waals surface area (Å²) in [7, 11) is 0. The normalized spacial score (nSPS) is 45.0. The molecule has 0 aromatic heterocycles. The SMILES string of the molecule is O[C@@]12CCCC[C@@H]1NCCC2.O[C@]12CCCC[C@H]1NCCC2. The van der Waals surface area contributed by atoms with Gasteiger partial charge < -0.3 is 20.8 Å². The van der Waals surface area contributed by atoms with Crippen LogP contribution in [0.15, 0.2) is 0 Å². The van der Waals surface area contributed by atoms with Gasteiger partial charge >= 0.3 is 0 Å². The van der Waals surface area contributed by atoms with Crippen LogP contribution in [0.25, 0.3) is 0 Å². The number of hydrogen-bond acceptors (Lipinski definition) is 4. The monoisotopic (exact) mass is 310 g/mol. The first-order valence-corrected chi connectivity index (χ1v) is 9.54. The van der Waals surface area contributed by atoms with Gasteiger partial charge in [-0.3, -0.25) is 0 Å². The molecular weight excluding hydrogens is 276 g/mol. The lowest BCUT2D eigenvalue weighted by Crippen LogP contribution is -2.56. The molecule has 4 nitrogen and oxygen atoms in total. The van der Waals surface area contributed by atoms with Gasteiger partial charge in [0, 0.05) is 12.1 Å². The van der Waals surface area contributed by atoms with E-state index in [1.54, 1.807) is 0 Å². The van der Waals surface area contributed by atoms with E-state index >= 15 is 0 Å². The first kappa shape index (κ1) is 16.7. The Morgan fingerprint density at radius 3 is 1.41 bits per heavy atom. The van der Waals surface area contributed by atoms with Gasteiger partial charge in [0.2, 0.25) is 0 Å². The van der Waals surface area contributed by atoms with Crippen LogP contribution in [0.1, 0.15) is 77.0 Å². The summed E-state index contributed by atoms with van der Waals surface area (Å²) in [6.07, 6.45) is 13.7. The van der Waals surface area contributed by atoms with E-state index in [0.29, 0.717) is 12.1 Å². The van der Waals surface area contributed by atoms with Crippen molar-refractivity contribution in [2.45, 2.75) is 100 Å². The Morgan fingerprint density at radius 1 is 0.591 bits per heavy atom. The second kappa shape index (κ2) is 7.16. The Hall–Kier alpha value is -0.160. The molecule has 2 aliphatic heterocycles. The Kier molecular flexibility index (Phi) is 5.43. The van der Waals surface area contributed by atoms with Crippen molar-refractivity contribution in [1.82, 2.24) is 10.6 Å². The second-order valence-electron chi connectivity index (χ2n) is 7.92. The zero-order valence-corrected chi connectivity index (χ0v) is 13.9. The molecule has 22 heavy (non-hydrogen) atoms. The van der Waals surface area contributed by atoms with Gasteiger partial charge in [0.15, 0.2) is 0 Å². The summed E-state index contributed by atoms with van der Waals surface area (Å²) in [4.78, 5) is 0. The van der Waals surface area contributed by atoms with E-state index < -0.39 is 0 Å². The molecule has 128 valence electrons. The number of nitrogens with one attached hydrogen (secondary N) is 2. The lowest BCUT2D eigenvalue weighted by molar-refractivity contribution is -0.0493. The second-order valence-corrected chi connectivity index (χ2v) is 7.92. The molecule has 2 saturated carbocycles. The van der Waals surface area contributed by atoms with Crippen molar-refractivity contribution < 1.29 is 10.2 Å². The van der Waals surface area contributed by atoms with E-state index in [1.165, 1.54) is 38.5 Å². The third-order valence-corrected chi connectivity index (χ3v) is 6.36. The van der Waals surface area contributed by atoms with Crippen molar-refractivity contribution in [3.63, 3.8) is 0 Å². The summed E-state index contributed by atoms with van der Waals surface area (Å²) < 4.78 is 0. The van der Waals surface area contributed by atoms with Gasteiger partial charge in [0.1, 0.15) is 0 Å². The van der Waals surface area contributed by atoms with E-state index in [-0.39, 0.29) is 11.2 Å². The van der Waals surface area contributed by atoms with Gasteiger partial charge in [0.25, 0.3) is 0 Å². The molecular formula is C18H34N2O2. The molecule has 2 saturated heterocycles.